The summed E-state index contributed by atoms with van der Waals surface area (Å²) in [5.41, 5.74) is 1.60. The number of H-pyrrole nitrogens is 1. The Morgan fingerprint density at radius 1 is 1.37 bits per heavy atom. The van der Waals surface area contributed by atoms with Gasteiger partial charge in [-0.1, -0.05) is 6.07 Å². The predicted molar refractivity (Wildman–Crippen MR) is 102 cm³/mol. The Bertz CT molecular complexity index is 732. The lowest BCUT2D eigenvalue weighted by molar-refractivity contribution is -0.130. The largest absolute Gasteiger partial charge is 0.345 e. The van der Waals surface area contributed by atoms with E-state index in [9.17, 15) is 9.59 Å². The number of rotatable bonds is 7. The summed E-state index contributed by atoms with van der Waals surface area (Å²) in [6, 6.07) is 5.83. The lowest BCUT2D eigenvalue weighted by Gasteiger charge is -2.32. The first-order valence-electron chi connectivity index (χ1n) is 9.55. The number of pyridine rings is 1. The average Bonchev–Trinajstić information content (AvgIpc) is 3.25. The van der Waals surface area contributed by atoms with Crippen LogP contribution in [0.2, 0.25) is 0 Å². The Kier molecular flexibility index (Phi) is 6.57. The molecule has 0 spiro atoms. The van der Waals surface area contributed by atoms with Gasteiger partial charge in [0, 0.05) is 57.6 Å². The molecule has 7 heteroatoms. The van der Waals surface area contributed by atoms with Crippen molar-refractivity contribution < 1.29 is 9.59 Å². The molecule has 0 aliphatic carbocycles. The number of amides is 2. The number of carbonyl (C=O) groups is 2. The summed E-state index contributed by atoms with van der Waals surface area (Å²) in [7, 11) is 1.85. The van der Waals surface area contributed by atoms with Crippen LogP contribution in [0.4, 0.5) is 0 Å². The van der Waals surface area contributed by atoms with Crippen LogP contribution in [0.5, 0.6) is 0 Å². The molecule has 0 radical (unpaired) electrons. The van der Waals surface area contributed by atoms with E-state index in [-0.39, 0.29) is 11.8 Å². The van der Waals surface area contributed by atoms with E-state index in [0.29, 0.717) is 24.4 Å². The summed E-state index contributed by atoms with van der Waals surface area (Å²) >= 11 is 0. The van der Waals surface area contributed by atoms with E-state index in [1.807, 2.05) is 30.1 Å². The van der Waals surface area contributed by atoms with Crippen molar-refractivity contribution in [3.63, 3.8) is 0 Å². The molecule has 1 atom stereocenters. The number of nitrogens with one attached hydrogen (secondary N) is 1. The van der Waals surface area contributed by atoms with Gasteiger partial charge in [0.25, 0.3) is 5.91 Å². The summed E-state index contributed by atoms with van der Waals surface area (Å²) in [5.74, 6) is 0.555. The molecule has 1 aliphatic rings. The highest BCUT2D eigenvalue weighted by molar-refractivity contribution is 5.93. The van der Waals surface area contributed by atoms with Crippen LogP contribution in [-0.4, -0.2) is 63.5 Å². The lowest BCUT2D eigenvalue weighted by atomic mass is 9.93. The van der Waals surface area contributed by atoms with E-state index in [1.54, 1.807) is 23.5 Å². The normalized spacial score (nSPS) is 16.9. The van der Waals surface area contributed by atoms with Crippen LogP contribution >= 0.6 is 0 Å². The molecule has 7 nitrogen and oxygen atoms in total. The first-order chi connectivity index (χ1) is 13.1. The zero-order valence-corrected chi connectivity index (χ0v) is 15.8. The van der Waals surface area contributed by atoms with Crippen LogP contribution in [-0.2, 0) is 11.2 Å². The second-order valence-electron chi connectivity index (χ2n) is 7.17. The summed E-state index contributed by atoms with van der Waals surface area (Å²) in [6.07, 6.45) is 9.13. The third-order valence-electron chi connectivity index (χ3n) is 5.17. The van der Waals surface area contributed by atoms with Crippen LogP contribution in [0.25, 0.3) is 0 Å². The van der Waals surface area contributed by atoms with Gasteiger partial charge in [-0.25, -0.2) is 0 Å². The Morgan fingerprint density at radius 2 is 2.26 bits per heavy atom. The highest BCUT2D eigenvalue weighted by Gasteiger charge is 2.25. The first kappa shape index (κ1) is 19.1. The monoisotopic (exact) mass is 369 g/mol. The maximum Gasteiger partial charge on any atom is 0.257 e. The fourth-order valence-corrected chi connectivity index (χ4v) is 3.51. The van der Waals surface area contributed by atoms with E-state index in [2.05, 4.69) is 15.2 Å². The maximum atomic E-state index is 12.5. The number of aromatic amines is 1. The Labute approximate surface area is 159 Å². The van der Waals surface area contributed by atoms with Crippen molar-refractivity contribution >= 4 is 11.8 Å². The molecule has 2 amide bonds. The molecule has 2 aromatic rings. The van der Waals surface area contributed by atoms with E-state index in [4.69, 9.17) is 0 Å². The number of nitrogens with zero attached hydrogens (tertiary/aromatic N) is 4. The number of aromatic nitrogens is 3. The molecule has 3 heterocycles. The smallest absolute Gasteiger partial charge is 0.257 e. The van der Waals surface area contributed by atoms with Gasteiger partial charge < -0.3 is 9.80 Å². The number of hydrogen-bond donors (Lipinski definition) is 1. The standard InChI is InChI=1S/C20H27N5O2/c1-24(12-9-18-6-2-3-10-21-18)19(26)8-7-16-5-4-11-25(15-16)20(27)17-13-22-23-14-17/h2-3,6,10,13-14,16H,4-5,7-9,11-12,15H2,1H3,(H,22,23). The Hall–Kier alpha value is -2.70. The third kappa shape index (κ3) is 5.39. The number of likely N-dealkylation sites (tertiary alicyclic amines) is 1. The van der Waals surface area contributed by atoms with Crippen LogP contribution in [0.15, 0.2) is 36.8 Å². The van der Waals surface area contributed by atoms with Gasteiger partial charge in [-0.2, -0.15) is 5.10 Å². The molecule has 1 saturated heterocycles. The predicted octanol–water partition coefficient (Wildman–Crippen LogP) is 2.14. The molecule has 2 aromatic heterocycles. The van der Waals surface area contributed by atoms with E-state index in [1.165, 1.54) is 0 Å². The van der Waals surface area contributed by atoms with Gasteiger partial charge in [-0.05, 0) is 37.3 Å². The van der Waals surface area contributed by atoms with Gasteiger partial charge in [0.1, 0.15) is 0 Å². The van der Waals surface area contributed by atoms with Gasteiger partial charge in [-0.15, -0.1) is 0 Å². The van der Waals surface area contributed by atoms with Crippen LogP contribution in [0.1, 0.15) is 41.7 Å². The first-order valence-corrected chi connectivity index (χ1v) is 9.55. The molecule has 144 valence electrons. The van der Waals surface area contributed by atoms with Gasteiger partial charge in [-0.3, -0.25) is 19.7 Å². The number of piperidine rings is 1. The molecule has 0 saturated carbocycles. The molecule has 1 unspecified atom stereocenters. The van der Waals surface area contributed by atoms with Crippen molar-refractivity contribution in [1.29, 1.82) is 0 Å². The van der Waals surface area contributed by atoms with Gasteiger partial charge in [0.15, 0.2) is 0 Å². The van der Waals surface area contributed by atoms with Gasteiger partial charge in [0.2, 0.25) is 5.91 Å². The third-order valence-corrected chi connectivity index (χ3v) is 5.17. The maximum absolute atomic E-state index is 12.5. The number of hydrogen-bond acceptors (Lipinski definition) is 4. The van der Waals surface area contributed by atoms with Crippen molar-refractivity contribution in [1.82, 2.24) is 25.0 Å². The summed E-state index contributed by atoms with van der Waals surface area (Å²) in [6.45, 7) is 2.17. The minimum Gasteiger partial charge on any atom is -0.345 e. The average molecular weight is 369 g/mol. The molecule has 3 rings (SSSR count). The fourth-order valence-electron chi connectivity index (χ4n) is 3.51. The fraction of sp³-hybridized carbons (Fsp3) is 0.500. The molecule has 1 aliphatic heterocycles. The molecule has 1 fully saturated rings. The highest BCUT2D eigenvalue weighted by Crippen LogP contribution is 2.22. The molecule has 0 bridgehead atoms. The zero-order chi connectivity index (χ0) is 19.1. The van der Waals surface area contributed by atoms with Crippen LogP contribution in [0.3, 0.4) is 0 Å². The summed E-state index contributed by atoms with van der Waals surface area (Å²) < 4.78 is 0. The van der Waals surface area contributed by atoms with E-state index < -0.39 is 0 Å². The Balaban J connectivity index is 1.42. The molecule has 27 heavy (non-hydrogen) atoms. The number of carbonyl (C=O) groups excluding carboxylic acids is 2. The van der Waals surface area contributed by atoms with Crippen molar-refractivity contribution in [2.45, 2.75) is 32.1 Å². The van der Waals surface area contributed by atoms with E-state index in [0.717, 1.165) is 44.5 Å². The minimum absolute atomic E-state index is 0.0206. The lowest BCUT2D eigenvalue weighted by Crippen LogP contribution is -2.40. The Morgan fingerprint density at radius 3 is 3.00 bits per heavy atom. The van der Waals surface area contributed by atoms with Crippen molar-refractivity contribution in [2.75, 3.05) is 26.7 Å². The summed E-state index contributed by atoms with van der Waals surface area (Å²) in [4.78, 5) is 32.8. The zero-order valence-electron chi connectivity index (χ0n) is 15.8. The highest BCUT2D eigenvalue weighted by atomic mass is 16.2. The van der Waals surface area contributed by atoms with Crippen LogP contribution in [0, 0.1) is 5.92 Å². The topological polar surface area (TPSA) is 82.2 Å². The SMILES string of the molecule is CN(CCc1ccccn1)C(=O)CCC1CCCN(C(=O)c2cn[nH]c2)C1. The van der Waals surface area contributed by atoms with Gasteiger partial charge >= 0.3 is 0 Å². The number of likely N-dealkylation sites (N-methyl/N-ethyl adjacent to an activating group) is 1. The summed E-state index contributed by atoms with van der Waals surface area (Å²) in [5, 5.41) is 6.53. The van der Waals surface area contributed by atoms with Crippen LogP contribution < -0.4 is 0 Å². The van der Waals surface area contributed by atoms with Crippen molar-refractivity contribution in [2.24, 2.45) is 5.92 Å². The van der Waals surface area contributed by atoms with Gasteiger partial charge in [0.05, 0.1) is 11.8 Å². The molecule has 1 N–H and O–H groups in total. The second kappa shape index (κ2) is 9.30. The van der Waals surface area contributed by atoms with Crippen molar-refractivity contribution in [3.8, 4) is 0 Å². The second-order valence-corrected chi connectivity index (χ2v) is 7.17. The molecular formula is C20H27N5O2. The molecule has 0 aromatic carbocycles. The van der Waals surface area contributed by atoms with Crippen molar-refractivity contribution in [3.05, 3.63) is 48.0 Å². The minimum atomic E-state index is 0.0206. The quantitative estimate of drug-likeness (QED) is 0.811. The molecular weight excluding hydrogens is 342 g/mol. The van der Waals surface area contributed by atoms with E-state index >= 15 is 0 Å².